The van der Waals surface area contributed by atoms with Crippen LogP contribution < -0.4 is 0 Å². The molecule has 5 rings (SSSR count). The van der Waals surface area contributed by atoms with Crippen LogP contribution in [-0.4, -0.2) is 22.8 Å². The molecule has 0 spiro atoms. The van der Waals surface area contributed by atoms with Gasteiger partial charge in [-0.2, -0.15) is 0 Å². The van der Waals surface area contributed by atoms with E-state index in [0.29, 0.717) is 42.3 Å². The molecule has 1 aromatic carbocycles. The highest BCUT2D eigenvalue weighted by molar-refractivity contribution is 5.94. The molecule has 29 heavy (non-hydrogen) atoms. The summed E-state index contributed by atoms with van der Waals surface area (Å²) < 4.78 is 0. The maximum absolute atomic E-state index is 12.1. The Morgan fingerprint density at radius 1 is 1.07 bits per heavy atom. The third-order valence-electron chi connectivity index (χ3n) is 8.90. The summed E-state index contributed by atoms with van der Waals surface area (Å²) in [5.74, 6) is 2.57. The van der Waals surface area contributed by atoms with E-state index in [1.165, 1.54) is 11.1 Å². The van der Waals surface area contributed by atoms with Crippen molar-refractivity contribution in [2.75, 3.05) is 0 Å². The highest BCUT2D eigenvalue weighted by atomic mass is 16.3. The smallest absolute Gasteiger partial charge is 0.159 e. The zero-order valence-electron chi connectivity index (χ0n) is 17.6. The molecule has 3 heteroatoms. The Kier molecular flexibility index (Phi) is 4.58. The Bertz CT molecular complexity index is 880. The van der Waals surface area contributed by atoms with Gasteiger partial charge in [0.2, 0.25) is 0 Å². The molecule has 2 fully saturated rings. The Balaban J connectivity index is 1.59. The Morgan fingerprint density at radius 2 is 1.83 bits per heavy atom. The zero-order valence-corrected chi connectivity index (χ0v) is 17.6. The molecule has 0 radical (unpaired) electrons. The second-order valence-electron chi connectivity index (χ2n) is 10.3. The van der Waals surface area contributed by atoms with Crippen molar-refractivity contribution in [3.63, 3.8) is 0 Å². The van der Waals surface area contributed by atoms with Gasteiger partial charge in [0.15, 0.2) is 5.78 Å². The molecule has 0 amide bonds. The van der Waals surface area contributed by atoms with E-state index < -0.39 is 0 Å². The molecule has 6 atom stereocenters. The third kappa shape index (κ3) is 2.96. The number of hydrogen-bond acceptors (Lipinski definition) is 3. The molecule has 0 aromatic heterocycles. The summed E-state index contributed by atoms with van der Waals surface area (Å²) in [4.78, 5) is 23.9. The number of benzene rings is 1. The molecule has 4 aliphatic rings. The molecular weight excluding hydrogens is 360 g/mol. The van der Waals surface area contributed by atoms with Crippen molar-refractivity contribution in [1.82, 2.24) is 0 Å². The molecule has 1 N–H and O–H groups in total. The van der Waals surface area contributed by atoms with Gasteiger partial charge in [-0.15, -0.1) is 0 Å². The number of hydrogen-bond donors (Lipinski definition) is 1. The standard InChI is InChI=1S/C26H32O3/c1-15(27)16-3-5-17(6-4-16)22-14-26(2)23(11-12-24(26)29)21-9-7-18-13-19(28)8-10-20(18)25(21)22/h3-6,21-25,29H,7-14H2,1-2H3/t21-,22+,23-,24-,25+,26-/m0/s1. The molecule has 0 aliphatic heterocycles. The fourth-order valence-corrected chi connectivity index (χ4v) is 7.44. The van der Waals surface area contributed by atoms with Gasteiger partial charge in [0, 0.05) is 18.4 Å². The summed E-state index contributed by atoms with van der Waals surface area (Å²) in [6.45, 7) is 3.93. The van der Waals surface area contributed by atoms with Crippen LogP contribution in [0.4, 0.5) is 0 Å². The monoisotopic (exact) mass is 392 g/mol. The van der Waals surface area contributed by atoms with Crippen LogP contribution in [0.15, 0.2) is 35.4 Å². The van der Waals surface area contributed by atoms with Crippen LogP contribution in [0.25, 0.3) is 0 Å². The molecule has 0 saturated heterocycles. The van der Waals surface area contributed by atoms with Gasteiger partial charge in [-0.05, 0) is 80.1 Å². The first-order valence-corrected chi connectivity index (χ1v) is 11.4. The fraction of sp³-hybridized carbons (Fsp3) is 0.615. The number of carbonyl (C=O) groups excluding carboxylic acids is 2. The molecule has 3 nitrogen and oxygen atoms in total. The van der Waals surface area contributed by atoms with E-state index in [1.54, 1.807) is 12.5 Å². The lowest BCUT2D eigenvalue weighted by Crippen LogP contribution is -2.48. The number of allylic oxidation sites excluding steroid dienone is 2. The Labute approximate surface area is 173 Å². The number of Topliss-reactive ketones (excluding diaryl/α,β-unsaturated/α-hetero) is 2. The lowest BCUT2D eigenvalue weighted by molar-refractivity contribution is -0.119. The van der Waals surface area contributed by atoms with Crippen molar-refractivity contribution in [2.45, 2.75) is 77.2 Å². The predicted molar refractivity (Wildman–Crippen MR) is 113 cm³/mol. The minimum Gasteiger partial charge on any atom is -0.393 e. The van der Waals surface area contributed by atoms with E-state index in [-0.39, 0.29) is 17.3 Å². The van der Waals surface area contributed by atoms with Crippen molar-refractivity contribution in [1.29, 1.82) is 0 Å². The van der Waals surface area contributed by atoms with Gasteiger partial charge >= 0.3 is 0 Å². The van der Waals surface area contributed by atoms with Crippen LogP contribution >= 0.6 is 0 Å². The van der Waals surface area contributed by atoms with Crippen LogP contribution in [0.1, 0.15) is 87.1 Å². The first-order chi connectivity index (χ1) is 13.9. The highest BCUT2D eigenvalue weighted by Gasteiger charge is 2.58. The Hall–Kier alpha value is -1.74. The third-order valence-corrected chi connectivity index (χ3v) is 8.90. The Morgan fingerprint density at radius 3 is 2.55 bits per heavy atom. The summed E-state index contributed by atoms with van der Waals surface area (Å²) in [5.41, 5.74) is 5.04. The fourth-order valence-electron chi connectivity index (χ4n) is 7.44. The van der Waals surface area contributed by atoms with Crippen LogP contribution in [0.5, 0.6) is 0 Å². The molecular formula is C26H32O3. The van der Waals surface area contributed by atoms with E-state index in [0.717, 1.165) is 44.1 Å². The molecule has 1 aromatic rings. The zero-order chi connectivity index (χ0) is 20.3. The van der Waals surface area contributed by atoms with Crippen LogP contribution in [0, 0.1) is 23.2 Å². The molecule has 0 heterocycles. The van der Waals surface area contributed by atoms with Gasteiger partial charge in [-0.3, -0.25) is 9.59 Å². The normalized spacial score (nSPS) is 39.0. The highest BCUT2D eigenvalue weighted by Crippen LogP contribution is 2.64. The topological polar surface area (TPSA) is 54.4 Å². The lowest BCUT2D eigenvalue weighted by Gasteiger charge is -2.55. The molecule has 154 valence electrons. The average molecular weight is 393 g/mol. The summed E-state index contributed by atoms with van der Waals surface area (Å²) in [6, 6.07) is 8.22. The van der Waals surface area contributed by atoms with Crippen molar-refractivity contribution >= 4 is 11.6 Å². The summed E-state index contributed by atoms with van der Waals surface area (Å²) in [6.07, 6.45) is 7.37. The number of ketones is 2. The molecule has 0 bridgehead atoms. The van der Waals surface area contributed by atoms with Crippen molar-refractivity contribution in [3.8, 4) is 0 Å². The number of aliphatic hydroxyl groups is 1. The van der Waals surface area contributed by atoms with E-state index >= 15 is 0 Å². The maximum atomic E-state index is 12.1. The van der Waals surface area contributed by atoms with E-state index in [1.807, 2.05) is 12.1 Å². The predicted octanol–water partition coefficient (Wildman–Crippen LogP) is 5.23. The molecule has 0 unspecified atom stereocenters. The van der Waals surface area contributed by atoms with Crippen molar-refractivity contribution < 1.29 is 14.7 Å². The first-order valence-electron chi connectivity index (χ1n) is 11.4. The van der Waals surface area contributed by atoms with E-state index in [9.17, 15) is 14.7 Å². The molecule has 2 saturated carbocycles. The number of aliphatic hydroxyl groups excluding tert-OH is 1. The van der Waals surface area contributed by atoms with E-state index in [4.69, 9.17) is 0 Å². The van der Waals surface area contributed by atoms with Gasteiger partial charge in [0.1, 0.15) is 5.78 Å². The SMILES string of the molecule is CC(=O)c1ccc([C@H]2C[C@]3(C)[C@@H](O)CC[C@H]3[C@@H]3CCC4=C(CCC(=O)C4)[C@H]32)cc1. The summed E-state index contributed by atoms with van der Waals surface area (Å²) in [7, 11) is 0. The van der Waals surface area contributed by atoms with Crippen LogP contribution in [0.3, 0.4) is 0 Å². The summed E-state index contributed by atoms with van der Waals surface area (Å²) in [5, 5.41) is 10.9. The largest absolute Gasteiger partial charge is 0.393 e. The maximum Gasteiger partial charge on any atom is 0.159 e. The summed E-state index contributed by atoms with van der Waals surface area (Å²) >= 11 is 0. The first kappa shape index (κ1) is 19.2. The van der Waals surface area contributed by atoms with Gasteiger partial charge in [-0.1, -0.05) is 42.3 Å². The van der Waals surface area contributed by atoms with Gasteiger partial charge in [0.05, 0.1) is 6.10 Å². The van der Waals surface area contributed by atoms with Crippen molar-refractivity contribution in [3.05, 3.63) is 46.5 Å². The average Bonchev–Trinajstić information content (AvgIpc) is 3.01. The number of carbonyl (C=O) groups is 2. The number of rotatable bonds is 2. The van der Waals surface area contributed by atoms with Gasteiger partial charge in [0.25, 0.3) is 0 Å². The minimum atomic E-state index is -0.212. The van der Waals surface area contributed by atoms with Crippen LogP contribution in [-0.2, 0) is 4.79 Å². The van der Waals surface area contributed by atoms with Crippen LogP contribution in [0.2, 0.25) is 0 Å². The van der Waals surface area contributed by atoms with Crippen molar-refractivity contribution in [2.24, 2.45) is 23.2 Å². The van der Waals surface area contributed by atoms with Gasteiger partial charge < -0.3 is 5.11 Å². The number of fused-ring (bicyclic) bond motifs is 4. The lowest BCUT2D eigenvalue weighted by atomic mass is 9.50. The molecule has 4 aliphatic carbocycles. The van der Waals surface area contributed by atoms with E-state index in [2.05, 4.69) is 19.1 Å². The second-order valence-corrected chi connectivity index (χ2v) is 10.3. The minimum absolute atomic E-state index is 0.0202. The van der Waals surface area contributed by atoms with Gasteiger partial charge in [-0.25, -0.2) is 0 Å². The second kappa shape index (κ2) is 6.91. The quantitative estimate of drug-likeness (QED) is 0.554.